The van der Waals surface area contributed by atoms with Crippen LogP contribution in [0.3, 0.4) is 0 Å². The van der Waals surface area contributed by atoms with Gasteiger partial charge < -0.3 is 0 Å². The monoisotopic (exact) mass is 241 g/mol. The first-order chi connectivity index (χ1) is 8.31. The maximum Gasteiger partial charge on any atom is 0.0717 e. The van der Waals surface area contributed by atoms with E-state index in [4.69, 9.17) is 0 Å². The molecule has 0 aliphatic rings. The van der Waals surface area contributed by atoms with Crippen molar-refractivity contribution in [1.29, 1.82) is 0 Å². The molecule has 0 unspecified atom stereocenters. The number of nitrogens with zero attached hydrogens (tertiary/aromatic N) is 1. The molecule has 0 spiro atoms. The summed E-state index contributed by atoms with van der Waals surface area (Å²) in [6, 6.07) is 10.3. The van der Waals surface area contributed by atoms with Crippen molar-refractivity contribution in [2.24, 2.45) is 0 Å². The zero-order chi connectivity index (χ0) is 12.1. The summed E-state index contributed by atoms with van der Waals surface area (Å²) >= 11 is 1.85. The Morgan fingerprint density at radius 3 is 2.94 bits per heavy atom. The lowest BCUT2D eigenvalue weighted by Crippen LogP contribution is -1.86. The van der Waals surface area contributed by atoms with Gasteiger partial charge in [-0.3, -0.25) is 4.98 Å². The molecule has 0 N–H and O–H groups in total. The van der Waals surface area contributed by atoms with Gasteiger partial charge in [0, 0.05) is 16.6 Å². The first-order valence-electron chi connectivity index (χ1n) is 5.74. The summed E-state index contributed by atoms with van der Waals surface area (Å²) in [5, 5.41) is 1.15. The van der Waals surface area contributed by atoms with Gasteiger partial charge in [0.2, 0.25) is 0 Å². The molecule has 0 amide bonds. The number of fused-ring (bicyclic) bond motifs is 1. The molecule has 1 aromatic carbocycles. The van der Waals surface area contributed by atoms with Gasteiger partial charge in [-0.05, 0) is 36.9 Å². The van der Waals surface area contributed by atoms with E-state index in [2.05, 4.69) is 35.9 Å². The molecule has 2 heteroatoms. The minimum Gasteiger partial charge on any atom is -0.253 e. The second kappa shape index (κ2) is 5.75. The summed E-state index contributed by atoms with van der Waals surface area (Å²) in [5.41, 5.74) is 3.15. The molecule has 0 aliphatic carbocycles. The molecule has 2 aromatic rings. The fourth-order valence-corrected chi connectivity index (χ4v) is 2.03. The number of aromatic nitrogens is 1. The number of thioether (sulfide) groups is 1. The SMILES string of the molecule is CCSCC#Cc1cccc2nc(C)ccc12. The third kappa shape index (κ3) is 3.01. The van der Waals surface area contributed by atoms with E-state index >= 15 is 0 Å². The molecule has 0 aliphatic heterocycles. The molecule has 1 nitrogen and oxygen atoms in total. The molecule has 0 saturated carbocycles. The maximum absolute atomic E-state index is 4.51. The Hall–Kier alpha value is -1.46. The first kappa shape index (κ1) is 12.0. The van der Waals surface area contributed by atoms with Crippen LogP contribution < -0.4 is 0 Å². The normalized spacial score (nSPS) is 10.0. The summed E-state index contributed by atoms with van der Waals surface area (Å²) < 4.78 is 0. The highest BCUT2D eigenvalue weighted by atomic mass is 32.2. The van der Waals surface area contributed by atoms with Crippen LogP contribution in [0.1, 0.15) is 18.2 Å². The molecule has 0 bridgehead atoms. The lowest BCUT2D eigenvalue weighted by molar-refractivity contribution is 1.25. The highest BCUT2D eigenvalue weighted by Crippen LogP contribution is 2.16. The number of aryl methyl sites for hydroxylation is 1. The van der Waals surface area contributed by atoms with Crippen molar-refractivity contribution >= 4 is 22.7 Å². The molecule has 0 radical (unpaired) electrons. The van der Waals surface area contributed by atoms with E-state index in [-0.39, 0.29) is 0 Å². The van der Waals surface area contributed by atoms with Gasteiger partial charge in [-0.2, -0.15) is 0 Å². The van der Waals surface area contributed by atoms with Crippen LogP contribution in [0.4, 0.5) is 0 Å². The van der Waals surface area contributed by atoms with Gasteiger partial charge in [0.1, 0.15) is 0 Å². The Kier molecular flexibility index (Phi) is 4.06. The molecule has 17 heavy (non-hydrogen) atoms. The van der Waals surface area contributed by atoms with Crippen molar-refractivity contribution < 1.29 is 0 Å². The van der Waals surface area contributed by atoms with Crippen LogP contribution in [-0.4, -0.2) is 16.5 Å². The Balaban J connectivity index is 2.36. The van der Waals surface area contributed by atoms with Gasteiger partial charge in [-0.1, -0.05) is 24.8 Å². The molecule has 1 heterocycles. The van der Waals surface area contributed by atoms with E-state index in [1.807, 2.05) is 36.9 Å². The minimum absolute atomic E-state index is 0.895. The quantitative estimate of drug-likeness (QED) is 0.588. The summed E-state index contributed by atoms with van der Waals surface area (Å²) in [7, 11) is 0. The lowest BCUT2D eigenvalue weighted by Gasteiger charge is -2.00. The van der Waals surface area contributed by atoms with Crippen LogP contribution >= 0.6 is 11.8 Å². The summed E-state index contributed by atoms with van der Waals surface area (Å²) in [6.45, 7) is 4.16. The van der Waals surface area contributed by atoms with E-state index < -0.39 is 0 Å². The van der Waals surface area contributed by atoms with E-state index in [0.717, 1.165) is 33.7 Å². The van der Waals surface area contributed by atoms with E-state index in [1.54, 1.807) is 0 Å². The Morgan fingerprint density at radius 1 is 1.24 bits per heavy atom. The van der Waals surface area contributed by atoms with Crippen molar-refractivity contribution in [3.8, 4) is 11.8 Å². The molecule has 0 saturated heterocycles. The largest absolute Gasteiger partial charge is 0.253 e. The fourth-order valence-electron chi connectivity index (χ4n) is 1.65. The van der Waals surface area contributed by atoms with Crippen LogP contribution in [0.2, 0.25) is 0 Å². The van der Waals surface area contributed by atoms with Crippen LogP contribution in [0, 0.1) is 18.8 Å². The van der Waals surface area contributed by atoms with E-state index in [0.29, 0.717) is 0 Å². The Bertz CT molecular complexity index is 578. The molecule has 0 fully saturated rings. The van der Waals surface area contributed by atoms with Gasteiger partial charge in [-0.25, -0.2) is 0 Å². The molecular formula is C15H15NS. The van der Waals surface area contributed by atoms with Crippen LogP contribution in [0.5, 0.6) is 0 Å². The number of pyridine rings is 1. The van der Waals surface area contributed by atoms with Crippen molar-refractivity contribution in [2.75, 3.05) is 11.5 Å². The molecular weight excluding hydrogens is 226 g/mol. The molecule has 1 aromatic heterocycles. The van der Waals surface area contributed by atoms with E-state index in [9.17, 15) is 0 Å². The fraction of sp³-hybridized carbons (Fsp3) is 0.267. The van der Waals surface area contributed by atoms with Gasteiger partial charge in [0.25, 0.3) is 0 Å². The maximum atomic E-state index is 4.51. The number of hydrogen-bond donors (Lipinski definition) is 0. The van der Waals surface area contributed by atoms with Crippen molar-refractivity contribution in [3.05, 3.63) is 41.6 Å². The summed E-state index contributed by atoms with van der Waals surface area (Å²) in [4.78, 5) is 4.51. The van der Waals surface area contributed by atoms with Crippen molar-refractivity contribution in [3.63, 3.8) is 0 Å². The topological polar surface area (TPSA) is 12.9 Å². The minimum atomic E-state index is 0.895. The predicted molar refractivity (Wildman–Crippen MR) is 76.4 cm³/mol. The average molecular weight is 241 g/mol. The lowest BCUT2D eigenvalue weighted by atomic mass is 10.1. The smallest absolute Gasteiger partial charge is 0.0717 e. The zero-order valence-corrected chi connectivity index (χ0v) is 11.0. The van der Waals surface area contributed by atoms with Gasteiger partial charge >= 0.3 is 0 Å². The van der Waals surface area contributed by atoms with Gasteiger partial charge in [0.15, 0.2) is 0 Å². The third-order valence-corrected chi connectivity index (χ3v) is 3.23. The molecule has 0 atom stereocenters. The second-order valence-corrected chi connectivity index (χ2v) is 5.04. The standard InChI is InChI=1S/C15H15NS/c1-3-17-11-5-7-13-6-4-8-15-14(13)10-9-12(2)16-15/h4,6,8-10H,3,11H2,1-2H3. The highest BCUT2D eigenvalue weighted by Gasteiger charge is 1.98. The predicted octanol–water partition coefficient (Wildman–Crippen LogP) is 3.65. The van der Waals surface area contributed by atoms with Crippen molar-refractivity contribution in [1.82, 2.24) is 4.98 Å². The second-order valence-electron chi connectivity index (χ2n) is 3.76. The van der Waals surface area contributed by atoms with Gasteiger partial charge in [-0.15, -0.1) is 11.8 Å². The number of benzene rings is 1. The third-order valence-electron chi connectivity index (χ3n) is 2.47. The average Bonchev–Trinajstić information content (AvgIpc) is 2.34. The number of hydrogen-bond acceptors (Lipinski definition) is 2. The Labute approximate surface area is 107 Å². The van der Waals surface area contributed by atoms with Crippen molar-refractivity contribution in [2.45, 2.75) is 13.8 Å². The van der Waals surface area contributed by atoms with Crippen LogP contribution in [0.15, 0.2) is 30.3 Å². The van der Waals surface area contributed by atoms with E-state index in [1.165, 1.54) is 0 Å². The summed E-state index contributed by atoms with van der Waals surface area (Å²) in [6.07, 6.45) is 0. The first-order valence-corrected chi connectivity index (χ1v) is 6.89. The summed E-state index contributed by atoms with van der Waals surface area (Å²) in [5.74, 6) is 8.44. The highest BCUT2D eigenvalue weighted by molar-refractivity contribution is 7.99. The molecule has 86 valence electrons. The zero-order valence-electron chi connectivity index (χ0n) is 10.2. The van der Waals surface area contributed by atoms with Crippen LogP contribution in [0.25, 0.3) is 10.9 Å². The van der Waals surface area contributed by atoms with Crippen LogP contribution in [-0.2, 0) is 0 Å². The molecule has 2 rings (SSSR count). The Morgan fingerprint density at radius 2 is 2.12 bits per heavy atom. The van der Waals surface area contributed by atoms with Gasteiger partial charge in [0.05, 0.1) is 11.3 Å². The number of rotatable bonds is 2.